The number of nitrogens with zero attached hydrogens (tertiary/aromatic N) is 1. The summed E-state index contributed by atoms with van der Waals surface area (Å²) in [5.41, 5.74) is 5.40. The van der Waals surface area contributed by atoms with Crippen molar-refractivity contribution in [1.29, 1.82) is 0 Å². The van der Waals surface area contributed by atoms with Gasteiger partial charge in [0.15, 0.2) is 0 Å². The molecular formula is C6H8N2S2. The molecule has 0 saturated heterocycles. The summed E-state index contributed by atoms with van der Waals surface area (Å²) in [4.78, 5) is 5.08. The predicted molar refractivity (Wildman–Crippen MR) is 48.0 cm³/mol. The first kappa shape index (κ1) is 7.75. The highest BCUT2D eigenvalue weighted by Gasteiger charge is 1.90. The van der Waals surface area contributed by atoms with Crippen LogP contribution in [0.1, 0.15) is 0 Å². The van der Waals surface area contributed by atoms with E-state index in [9.17, 15) is 0 Å². The normalized spacial score (nSPS) is 9.70. The van der Waals surface area contributed by atoms with Crippen molar-refractivity contribution >= 4 is 27.4 Å². The molecule has 0 aliphatic carbocycles. The van der Waals surface area contributed by atoms with Crippen LogP contribution in [0.4, 0.5) is 5.82 Å². The van der Waals surface area contributed by atoms with Gasteiger partial charge in [0.05, 0.1) is 0 Å². The summed E-state index contributed by atoms with van der Waals surface area (Å²) >= 11 is 0. The van der Waals surface area contributed by atoms with Gasteiger partial charge in [0.25, 0.3) is 0 Å². The Morgan fingerprint density at radius 2 is 2.30 bits per heavy atom. The van der Waals surface area contributed by atoms with Crippen LogP contribution in [0.3, 0.4) is 0 Å². The smallest absolute Gasteiger partial charge is 0.123 e. The number of aromatic nitrogens is 1. The van der Waals surface area contributed by atoms with Gasteiger partial charge in [0.1, 0.15) is 5.82 Å². The fourth-order valence-electron chi connectivity index (χ4n) is 0.537. The van der Waals surface area contributed by atoms with Gasteiger partial charge in [-0.05, 0) is 18.4 Å². The summed E-state index contributed by atoms with van der Waals surface area (Å²) in [7, 11) is 3.38. The molecule has 1 heterocycles. The van der Waals surface area contributed by atoms with E-state index in [0.29, 0.717) is 5.82 Å². The van der Waals surface area contributed by atoms with E-state index in [1.807, 2.05) is 12.3 Å². The first-order valence-electron chi connectivity index (χ1n) is 2.75. The van der Waals surface area contributed by atoms with Crippen molar-refractivity contribution in [2.45, 2.75) is 4.90 Å². The first-order valence-corrected chi connectivity index (χ1v) is 5.31. The fourth-order valence-corrected chi connectivity index (χ4v) is 1.82. The Hall–Kier alpha value is -0.350. The molecule has 2 nitrogen and oxygen atoms in total. The minimum atomic E-state index is 0.574. The standard InChI is InChI=1S/C6H8N2S2/c1-9-10-5-2-3-6(7)8-4-5/h2-4H,1H3,(H2,7,8). The molecule has 0 amide bonds. The number of anilines is 1. The van der Waals surface area contributed by atoms with Crippen LogP contribution in [0.25, 0.3) is 0 Å². The Bertz CT molecular complexity index is 197. The van der Waals surface area contributed by atoms with Gasteiger partial charge in [-0.3, -0.25) is 0 Å². The number of rotatable bonds is 2. The second-order valence-corrected chi connectivity index (χ2v) is 4.14. The zero-order chi connectivity index (χ0) is 7.40. The summed E-state index contributed by atoms with van der Waals surface area (Å²) in [6, 6.07) is 3.77. The molecule has 2 N–H and O–H groups in total. The van der Waals surface area contributed by atoms with E-state index in [-0.39, 0.29) is 0 Å². The largest absolute Gasteiger partial charge is 0.384 e. The Balaban J connectivity index is 2.69. The third-order valence-corrected chi connectivity index (χ3v) is 2.62. The number of pyridine rings is 1. The minimum absolute atomic E-state index is 0.574. The van der Waals surface area contributed by atoms with E-state index in [2.05, 4.69) is 4.98 Å². The molecular weight excluding hydrogens is 164 g/mol. The van der Waals surface area contributed by atoms with Crippen molar-refractivity contribution in [2.24, 2.45) is 0 Å². The van der Waals surface area contributed by atoms with Crippen LogP contribution in [-0.4, -0.2) is 11.2 Å². The van der Waals surface area contributed by atoms with Gasteiger partial charge >= 0.3 is 0 Å². The third kappa shape index (κ3) is 2.11. The maximum Gasteiger partial charge on any atom is 0.123 e. The molecule has 0 radical (unpaired) electrons. The lowest BCUT2D eigenvalue weighted by Gasteiger charge is -1.95. The highest BCUT2D eigenvalue weighted by Crippen LogP contribution is 2.27. The summed E-state index contributed by atoms with van der Waals surface area (Å²) in [6.07, 6.45) is 3.80. The average Bonchev–Trinajstić information content (AvgIpc) is 1.95. The number of hydrogen-bond acceptors (Lipinski definition) is 4. The molecule has 0 aliphatic heterocycles. The molecule has 0 aromatic carbocycles. The predicted octanol–water partition coefficient (Wildman–Crippen LogP) is 2.03. The lowest BCUT2D eigenvalue weighted by molar-refractivity contribution is 1.25. The molecule has 0 aliphatic rings. The van der Waals surface area contributed by atoms with Gasteiger partial charge in [-0.15, -0.1) is 0 Å². The van der Waals surface area contributed by atoms with Crippen LogP contribution in [0, 0.1) is 0 Å². The van der Waals surface area contributed by atoms with E-state index in [0.717, 1.165) is 4.90 Å². The number of hydrogen-bond donors (Lipinski definition) is 1. The third-order valence-electron chi connectivity index (χ3n) is 0.939. The molecule has 0 bridgehead atoms. The van der Waals surface area contributed by atoms with Gasteiger partial charge in [0, 0.05) is 11.1 Å². The highest BCUT2D eigenvalue weighted by atomic mass is 33.1. The average molecular weight is 172 g/mol. The van der Waals surface area contributed by atoms with Crippen molar-refractivity contribution in [2.75, 3.05) is 12.0 Å². The quantitative estimate of drug-likeness (QED) is 0.693. The molecule has 1 rings (SSSR count). The Morgan fingerprint density at radius 3 is 2.80 bits per heavy atom. The molecule has 0 unspecified atom stereocenters. The molecule has 0 fully saturated rings. The van der Waals surface area contributed by atoms with Gasteiger partial charge in [-0.25, -0.2) is 4.98 Å². The molecule has 4 heteroatoms. The molecule has 1 aromatic heterocycles. The summed E-state index contributed by atoms with van der Waals surface area (Å²) in [5, 5.41) is 0. The maximum absolute atomic E-state index is 5.40. The van der Waals surface area contributed by atoms with E-state index in [1.165, 1.54) is 0 Å². The van der Waals surface area contributed by atoms with Crippen LogP contribution < -0.4 is 5.73 Å². The van der Waals surface area contributed by atoms with Crippen LogP contribution in [-0.2, 0) is 0 Å². The van der Waals surface area contributed by atoms with Crippen molar-refractivity contribution in [1.82, 2.24) is 4.98 Å². The lowest BCUT2D eigenvalue weighted by Crippen LogP contribution is -1.87. The van der Waals surface area contributed by atoms with E-state index in [4.69, 9.17) is 5.73 Å². The van der Waals surface area contributed by atoms with E-state index in [1.54, 1.807) is 33.9 Å². The Morgan fingerprint density at radius 1 is 1.50 bits per heavy atom. The molecule has 0 saturated carbocycles. The SMILES string of the molecule is CSSc1ccc(N)nc1. The van der Waals surface area contributed by atoms with Crippen LogP contribution in [0.5, 0.6) is 0 Å². The molecule has 0 spiro atoms. The topological polar surface area (TPSA) is 38.9 Å². The van der Waals surface area contributed by atoms with Gasteiger partial charge < -0.3 is 5.73 Å². The monoisotopic (exact) mass is 172 g/mol. The number of nitrogen functional groups attached to an aromatic ring is 1. The molecule has 0 atom stereocenters. The van der Waals surface area contributed by atoms with Gasteiger partial charge in [0.2, 0.25) is 0 Å². The zero-order valence-corrected chi connectivity index (χ0v) is 7.21. The van der Waals surface area contributed by atoms with Crippen LogP contribution >= 0.6 is 21.6 Å². The van der Waals surface area contributed by atoms with Crippen LogP contribution in [0.2, 0.25) is 0 Å². The summed E-state index contributed by atoms with van der Waals surface area (Å²) in [5.74, 6) is 0.574. The molecule has 54 valence electrons. The molecule has 1 aromatic rings. The van der Waals surface area contributed by atoms with Gasteiger partial charge in [-0.1, -0.05) is 21.6 Å². The van der Waals surface area contributed by atoms with Crippen molar-refractivity contribution in [3.8, 4) is 0 Å². The maximum atomic E-state index is 5.40. The van der Waals surface area contributed by atoms with Crippen LogP contribution in [0.15, 0.2) is 23.2 Å². The van der Waals surface area contributed by atoms with Gasteiger partial charge in [-0.2, -0.15) is 0 Å². The van der Waals surface area contributed by atoms with Crippen molar-refractivity contribution in [3.05, 3.63) is 18.3 Å². The Kier molecular flexibility index (Phi) is 2.89. The van der Waals surface area contributed by atoms with Crippen molar-refractivity contribution < 1.29 is 0 Å². The fraction of sp³-hybridized carbons (Fsp3) is 0.167. The summed E-state index contributed by atoms with van der Waals surface area (Å²) in [6.45, 7) is 0. The van der Waals surface area contributed by atoms with E-state index < -0.39 is 0 Å². The minimum Gasteiger partial charge on any atom is -0.384 e. The molecule has 10 heavy (non-hydrogen) atoms. The lowest BCUT2D eigenvalue weighted by atomic mass is 10.5. The Labute approximate surface area is 68.0 Å². The second kappa shape index (κ2) is 3.73. The van der Waals surface area contributed by atoms with E-state index >= 15 is 0 Å². The first-order chi connectivity index (χ1) is 4.83. The second-order valence-electron chi connectivity index (χ2n) is 1.67. The highest BCUT2D eigenvalue weighted by molar-refractivity contribution is 8.76. The summed E-state index contributed by atoms with van der Waals surface area (Å²) < 4.78 is 0. The zero-order valence-electron chi connectivity index (χ0n) is 5.57. The van der Waals surface area contributed by atoms with Crippen molar-refractivity contribution in [3.63, 3.8) is 0 Å². The number of nitrogens with two attached hydrogens (primary N) is 1.